The first-order valence-electron chi connectivity index (χ1n) is 11.1. The van der Waals surface area contributed by atoms with Crippen molar-refractivity contribution in [3.05, 3.63) is 70.9 Å². The number of aromatic nitrogens is 2. The normalized spacial score (nSPS) is 11.0. The molecule has 0 aliphatic carbocycles. The molecule has 3 aromatic rings. The van der Waals surface area contributed by atoms with Gasteiger partial charge in [0.1, 0.15) is 5.82 Å². The number of hydrogen-bond acceptors (Lipinski definition) is 6. The Balaban J connectivity index is 1.97. The van der Waals surface area contributed by atoms with Crippen molar-refractivity contribution in [3.63, 3.8) is 0 Å². The van der Waals surface area contributed by atoms with Crippen LogP contribution in [0.4, 0.5) is 11.8 Å². The van der Waals surface area contributed by atoms with Crippen LogP contribution in [0, 0.1) is 0 Å². The Morgan fingerprint density at radius 2 is 1.59 bits per heavy atom. The van der Waals surface area contributed by atoms with Gasteiger partial charge in [-0.25, -0.2) is 4.98 Å². The minimum atomic E-state index is 0.251. The lowest BCUT2D eigenvalue weighted by Crippen LogP contribution is -2.15. The average molecular weight is 435 g/mol. The predicted octanol–water partition coefficient (Wildman–Crippen LogP) is 5.64. The largest absolute Gasteiger partial charge is 0.493 e. The molecule has 0 aliphatic heterocycles. The highest BCUT2D eigenvalue weighted by molar-refractivity contribution is 5.54. The first-order valence-corrected chi connectivity index (χ1v) is 11.1. The van der Waals surface area contributed by atoms with Gasteiger partial charge in [0.25, 0.3) is 0 Å². The molecule has 0 bridgehead atoms. The van der Waals surface area contributed by atoms with E-state index in [-0.39, 0.29) is 6.04 Å². The summed E-state index contributed by atoms with van der Waals surface area (Å²) in [5.41, 5.74) is 4.63. The Kier molecular flexibility index (Phi) is 7.92. The van der Waals surface area contributed by atoms with Crippen molar-refractivity contribution < 1.29 is 9.47 Å². The molecule has 0 amide bonds. The Morgan fingerprint density at radius 3 is 2.22 bits per heavy atom. The number of methoxy groups -OCH3 is 2. The molecule has 0 radical (unpaired) electrons. The van der Waals surface area contributed by atoms with Crippen LogP contribution in [-0.4, -0.2) is 30.2 Å². The van der Waals surface area contributed by atoms with E-state index in [1.165, 1.54) is 16.7 Å². The molecule has 6 nitrogen and oxygen atoms in total. The molecular formula is C26H34N4O2. The van der Waals surface area contributed by atoms with Gasteiger partial charge in [-0.15, -0.1) is 0 Å². The molecule has 170 valence electrons. The van der Waals surface area contributed by atoms with Gasteiger partial charge in [0, 0.05) is 30.8 Å². The van der Waals surface area contributed by atoms with Crippen LogP contribution >= 0.6 is 0 Å². The number of nitrogens with zero attached hydrogens (tertiary/aromatic N) is 2. The fourth-order valence-corrected chi connectivity index (χ4v) is 3.63. The Labute approximate surface area is 191 Å². The minimum absolute atomic E-state index is 0.251. The van der Waals surface area contributed by atoms with Gasteiger partial charge >= 0.3 is 0 Å². The van der Waals surface area contributed by atoms with Gasteiger partial charge in [0.15, 0.2) is 11.5 Å². The summed E-state index contributed by atoms with van der Waals surface area (Å²) >= 11 is 0. The van der Waals surface area contributed by atoms with Gasteiger partial charge in [-0.3, -0.25) is 0 Å². The zero-order valence-corrected chi connectivity index (χ0v) is 19.9. The zero-order valence-electron chi connectivity index (χ0n) is 19.9. The first kappa shape index (κ1) is 23.4. The summed E-state index contributed by atoms with van der Waals surface area (Å²) in [5, 5.41) is 6.81. The van der Waals surface area contributed by atoms with Gasteiger partial charge in [0.2, 0.25) is 5.95 Å². The molecule has 0 saturated carbocycles. The maximum atomic E-state index is 5.57. The number of nitrogens with one attached hydrogen (secondary N) is 2. The summed E-state index contributed by atoms with van der Waals surface area (Å²) < 4.78 is 11.1. The van der Waals surface area contributed by atoms with Crippen molar-refractivity contribution in [2.24, 2.45) is 0 Å². The summed E-state index contributed by atoms with van der Waals surface area (Å²) in [6.45, 7) is 9.21. The van der Waals surface area contributed by atoms with E-state index in [1.807, 2.05) is 24.4 Å². The second-order valence-electron chi connectivity index (χ2n) is 8.44. The molecule has 0 aliphatic rings. The maximum absolute atomic E-state index is 5.57. The van der Waals surface area contributed by atoms with E-state index < -0.39 is 0 Å². The summed E-state index contributed by atoms with van der Waals surface area (Å²) in [6, 6.07) is 14.7. The molecule has 0 unspecified atom stereocenters. The summed E-state index contributed by atoms with van der Waals surface area (Å²) in [6.07, 6.45) is 2.60. The van der Waals surface area contributed by atoms with Gasteiger partial charge < -0.3 is 20.1 Å². The number of hydrogen-bond donors (Lipinski definition) is 2. The van der Waals surface area contributed by atoms with Gasteiger partial charge in [-0.05, 0) is 48.6 Å². The van der Waals surface area contributed by atoms with Gasteiger partial charge in [-0.1, -0.05) is 44.2 Å². The third-order valence-corrected chi connectivity index (χ3v) is 5.23. The van der Waals surface area contributed by atoms with Crippen molar-refractivity contribution in [2.75, 3.05) is 24.9 Å². The van der Waals surface area contributed by atoms with Crippen LogP contribution in [-0.2, 0) is 13.0 Å². The van der Waals surface area contributed by atoms with Crippen molar-refractivity contribution >= 4 is 11.8 Å². The van der Waals surface area contributed by atoms with E-state index in [9.17, 15) is 0 Å². The topological polar surface area (TPSA) is 68.3 Å². The zero-order chi connectivity index (χ0) is 23.1. The molecule has 1 aromatic heterocycles. The van der Waals surface area contributed by atoms with E-state index in [2.05, 4.69) is 67.6 Å². The van der Waals surface area contributed by atoms with E-state index in [4.69, 9.17) is 14.5 Å². The Bertz CT molecular complexity index is 1020. The molecule has 3 rings (SSSR count). The lowest BCUT2D eigenvalue weighted by molar-refractivity contribution is 0.354. The average Bonchev–Trinajstić information content (AvgIpc) is 2.78. The smallest absolute Gasteiger partial charge is 0.224 e. The number of benzene rings is 2. The molecule has 0 fully saturated rings. The van der Waals surface area contributed by atoms with E-state index >= 15 is 0 Å². The van der Waals surface area contributed by atoms with E-state index in [0.29, 0.717) is 24.8 Å². The molecule has 2 N–H and O–H groups in total. The number of ether oxygens (including phenoxy) is 2. The highest BCUT2D eigenvalue weighted by Crippen LogP contribution is 2.35. The highest BCUT2D eigenvalue weighted by atomic mass is 16.5. The number of rotatable bonds is 10. The highest BCUT2D eigenvalue weighted by Gasteiger charge is 2.17. The predicted molar refractivity (Wildman–Crippen MR) is 131 cm³/mol. The van der Waals surface area contributed by atoms with Crippen LogP contribution in [0.3, 0.4) is 0 Å². The van der Waals surface area contributed by atoms with Crippen LogP contribution < -0.4 is 20.1 Å². The maximum Gasteiger partial charge on any atom is 0.224 e. The summed E-state index contributed by atoms with van der Waals surface area (Å²) in [4.78, 5) is 9.35. The van der Waals surface area contributed by atoms with Gasteiger partial charge in [0.05, 0.1) is 14.2 Å². The van der Waals surface area contributed by atoms with Crippen molar-refractivity contribution in [1.82, 2.24) is 9.97 Å². The Morgan fingerprint density at radius 1 is 0.906 bits per heavy atom. The molecule has 0 spiro atoms. The van der Waals surface area contributed by atoms with Crippen molar-refractivity contribution in [3.8, 4) is 11.5 Å². The van der Waals surface area contributed by atoms with Gasteiger partial charge in [-0.2, -0.15) is 4.98 Å². The van der Waals surface area contributed by atoms with Crippen LogP contribution in [0.1, 0.15) is 55.9 Å². The second kappa shape index (κ2) is 10.8. The van der Waals surface area contributed by atoms with Crippen molar-refractivity contribution in [1.29, 1.82) is 0 Å². The SMILES string of the molecule is COc1cc(Cc2cnc(NC(C)C)nc2NCc2ccccc2)c(C(C)C)cc1OC. The lowest BCUT2D eigenvalue weighted by Gasteiger charge is -2.19. The van der Waals surface area contributed by atoms with E-state index in [1.54, 1.807) is 14.2 Å². The lowest BCUT2D eigenvalue weighted by atomic mass is 9.92. The molecule has 1 heterocycles. The minimum Gasteiger partial charge on any atom is -0.493 e. The van der Waals surface area contributed by atoms with Crippen molar-refractivity contribution in [2.45, 2.75) is 52.6 Å². The third-order valence-electron chi connectivity index (χ3n) is 5.23. The molecular weight excluding hydrogens is 400 g/mol. The van der Waals surface area contributed by atoms with Crippen LogP contribution in [0.15, 0.2) is 48.7 Å². The standard InChI is InChI=1S/C26H34N4O2/c1-17(2)22-14-24(32-6)23(31-5)13-20(22)12-21-16-28-26(29-18(3)4)30-25(21)27-15-19-10-8-7-9-11-19/h7-11,13-14,16-18H,12,15H2,1-6H3,(H2,27,28,29,30). The fourth-order valence-electron chi connectivity index (χ4n) is 3.63. The molecule has 0 atom stereocenters. The quantitative estimate of drug-likeness (QED) is 0.430. The number of anilines is 2. The third kappa shape index (κ3) is 5.90. The summed E-state index contributed by atoms with van der Waals surface area (Å²) in [5.74, 6) is 3.26. The van der Waals surface area contributed by atoms with Crippen LogP contribution in [0.2, 0.25) is 0 Å². The van der Waals surface area contributed by atoms with E-state index in [0.717, 1.165) is 22.9 Å². The summed E-state index contributed by atoms with van der Waals surface area (Å²) in [7, 11) is 3.33. The molecule has 2 aromatic carbocycles. The molecule has 0 saturated heterocycles. The first-order chi connectivity index (χ1) is 15.4. The van der Waals surface area contributed by atoms with Crippen LogP contribution in [0.5, 0.6) is 11.5 Å². The monoisotopic (exact) mass is 434 g/mol. The Hall–Kier alpha value is -3.28. The second-order valence-corrected chi connectivity index (χ2v) is 8.44. The molecule has 32 heavy (non-hydrogen) atoms. The molecule has 6 heteroatoms. The fraction of sp³-hybridized carbons (Fsp3) is 0.385. The van der Waals surface area contributed by atoms with Crippen LogP contribution in [0.25, 0.3) is 0 Å².